The number of nitrogens with zero attached hydrogens (tertiary/aromatic N) is 4. The highest BCUT2D eigenvalue weighted by atomic mass is 16.5. The van der Waals surface area contributed by atoms with Crippen molar-refractivity contribution in [3.05, 3.63) is 54.4 Å². The van der Waals surface area contributed by atoms with Crippen molar-refractivity contribution in [2.75, 3.05) is 53.5 Å². The summed E-state index contributed by atoms with van der Waals surface area (Å²) in [5, 5.41) is 0. The predicted molar refractivity (Wildman–Crippen MR) is 130 cm³/mol. The van der Waals surface area contributed by atoms with E-state index in [4.69, 9.17) is 14.5 Å². The molecule has 32 heavy (non-hydrogen) atoms. The SMILES string of the molecule is COc1cccc(OCCCCn2c(CCCN3CCN(C)CC3)nc3ccccc32)c1. The lowest BCUT2D eigenvalue weighted by Crippen LogP contribution is -2.44. The van der Waals surface area contributed by atoms with E-state index in [0.717, 1.165) is 55.8 Å². The molecule has 0 amide bonds. The Bertz CT molecular complexity index is 979. The molecule has 0 aliphatic carbocycles. The van der Waals surface area contributed by atoms with Gasteiger partial charge >= 0.3 is 0 Å². The number of hydrogen-bond acceptors (Lipinski definition) is 5. The average molecular weight is 437 g/mol. The molecule has 6 nitrogen and oxygen atoms in total. The number of aryl methyl sites for hydroxylation is 2. The molecule has 4 rings (SSSR count). The maximum atomic E-state index is 5.91. The van der Waals surface area contributed by atoms with Crippen molar-refractivity contribution in [3.63, 3.8) is 0 Å². The summed E-state index contributed by atoms with van der Waals surface area (Å²) in [5.74, 6) is 2.91. The van der Waals surface area contributed by atoms with Crippen LogP contribution >= 0.6 is 0 Å². The third kappa shape index (κ3) is 6.02. The normalized spacial score (nSPS) is 15.3. The van der Waals surface area contributed by atoms with Crippen LogP contribution < -0.4 is 9.47 Å². The van der Waals surface area contributed by atoms with Gasteiger partial charge < -0.3 is 23.8 Å². The standard InChI is InChI=1S/C26H36N4O2/c1-28-16-18-29(19-17-28)14-8-13-26-27-24-11-3-4-12-25(24)30(26)15-5-6-20-32-23-10-7-9-22(21-23)31-2/h3-4,7,9-12,21H,5-6,8,13-20H2,1-2H3. The highest BCUT2D eigenvalue weighted by Crippen LogP contribution is 2.20. The summed E-state index contributed by atoms with van der Waals surface area (Å²) in [4.78, 5) is 9.96. The second kappa shape index (κ2) is 11.3. The van der Waals surface area contributed by atoms with E-state index < -0.39 is 0 Å². The highest BCUT2D eigenvalue weighted by molar-refractivity contribution is 5.75. The predicted octanol–water partition coefficient (Wildman–Crippen LogP) is 4.08. The number of methoxy groups -OCH3 is 1. The van der Waals surface area contributed by atoms with Crippen LogP contribution in [-0.2, 0) is 13.0 Å². The lowest BCUT2D eigenvalue weighted by molar-refractivity contribution is 0.152. The second-order valence-corrected chi connectivity index (χ2v) is 8.65. The molecule has 6 heteroatoms. The third-order valence-electron chi connectivity index (χ3n) is 6.29. The zero-order valence-corrected chi connectivity index (χ0v) is 19.5. The molecule has 1 saturated heterocycles. The fraction of sp³-hybridized carbons (Fsp3) is 0.500. The molecule has 1 aliphatic rings. The van der Waals surface area contributed by atoms with Crippen LogP contribution in [0.3, 0.4) is 0 Å². The van der Waals surface area contributed by atoms with Crippen LogP contribution in [0.5, 0.6) is 11.5 Å². The number of piperazine rings is 1. The Morgan fingerprint density at radius 1 is 0.875 bits per heavy atom. The highest BCUT2D eigenvalue weighted by Gasteiger charge is 2.15. The smallest absolute Gasteiger partial charge is 0.122 e. The molecule has 0 radical (unpaired) electrons. The Labute approximate surface area is 191 Å². The van der Waals surface area contributed by atoms with Crippen molar-refractivity contribution in [2.24, 2.45) is 0 Å². The first-order valence-electron chi connectivity index (χ1n) is 11.8. The maximum Gasteiger partial charge on any atom is 0.122 e. The summed E-state index contributed by atoms with van der Waals surface area (Å²) < 4.78 is 13.6. The number of ether oxygens (including phenoxy) is 2. The number of rotatable bonds is 11. The van der Waals surface area contributed by atoms with Gasteiger partial charge in [0.15, 0.2) is 0 Å². The largest absolute Gasteiger partial charge is 0.497 e. The number of benzene rings is 2. The number of unbranched alkanes of at least 4 members (excludes halogenated alkanes) is 1. The van der Waals surface area contributed by atoms with Gasteiger partial charge in [-0.25, -0.2) is 4.98 Å². The quantitative estimate of drug-likeness (QED) is 0.424. The maximum absolute atomic E-state index is 5.91. The van der Waals surface area contributed by atoms with Gasteiger partial charge in [0.1, 0.15) is 17.3 Å². The first-order valence-corrected chi connectivity index (χ1v) is 11.8. The van der Waals surface area contributed by atoms with Gasteiger partial charge in [-0.3, -0.25) is 0 Å². The van der Waals surface area contributed by atoms with E-state index in [-0.39, 0.29) is 0 Å². The van der Waals surface area contributed by atoms with Gasteiger partial charge in [0.25, 0.3) is 0 Å². The number of fused-ring (bicyclic) bond motifs is 1. The summed E-state index contributed by atoms with van der Waals surface area (Å²) in [5.41, 5.74) is 2.35. The molecule has 3 aromatic rings. The second-order valence-electron chi connectivity index (χ2n) is 8.65. The molecule has 0 bridgehead atoms. The first kappa shape index (κ1) is 22.6. The van der Waals surface area contributed by atoms with E-state index in [0.29, 0.717) is 6.61 Å². The molecule has 1 aromatic heterocycles. The van der Waals surface area contributed by atoms with Crippen LogP contribution in [0.25, 0.3) is 11.0 Å². The Morgan fingerprint density at radius 2 is 1.69 bits per heavy atom. The van der Waals surface area contributed by atoms with Gasteiger partial charge in [-0.1, -0.05) is 18.2 Å². The van der Waals surface area contributed by atoms with Crippen molar-refractivity contribution in [2.45, 2.75) is 32.2 Å². The summed E-state index contributed by atoms with van der Waals surface area (Å²) in [6.45, 7) is 7.56. The van der Waals surface area contributed by atoms with Crippen LogP contribution in [0.1, 0.15) is 25.1 Å². The number of hydrogen-bond donors (Lipinski definition) is 0. The van der Waals surface area contributed by atoms with E-state index in [1.165, 1.54) is 37.5 Å². The molecule has 0 N–H and O–H groups in total. The Morgan fingerprint density at radius 3 is 2.53 bits per heavy atom. The fourth-order valence-corrected chi connectivity index (χ4v) is 4.35. The summed E-state index contributed by atoms with van der Waals surface area (Å²) in [6.07, 6.45) is 4.26. The molecule has 0 saturated carbocycles. The van der Waals surface area contributed by atoms with E-state index in [1.54, 1.807) is 7.11 Å². The average Bonchev–Trinajstić information content (AvgIpc) is 3.17. The first-order chi connectivity index (χ1) is 15.7. The monoisotopic (exact) mass is 436 g/mol. The van der Waals surface area contributed by atoms with E-state index in [2.05, 4.69) is 45.7 Å². The number of aromatic nitrogens is 2. The molecule has 2 heterocycles. The van der Waals surface area contributed by atoms with Crippen LogP contribution in [0.15, 0.2) is 48.5 Å². The third-order valence-corrected chi connectivity index (χ3v) is 6.29. The van der Waals surface area contributed by atoms with E-state index >= 15 is 0 Å². The van der Waals surface area contributed by atoms with Gasteiger partial charge in [-0.05, 0) is 57.1 Å². The lowest BCUT2D eigenvalue weighted by atomic mass is 10.2. The minimum atomic E-state index is 0.707. The molecule has 1 aliphatic heterocycles. The zero-order valence-electron chi connectivity index (χ0n) is 19.5. The molecule has 172 valence electrons. The Kier molecular flexibility index (Phi) is 8.02. The van der Waals surface area contributed by atoms with Crippen molar-refractivity contribution in [1.82, 2.24) is 19.4 Å². The van der Waals surface area contributed by atoms with Crippen LogP contribution in [0, 0.1) is 0 Å². The minimum absolute atomic E-state index is 0.707. The number of para-hydroxylation sites is 2. The molecule has 1 fully saturated rings. The van der Waals surface area contributed by atoms with Crippen molar-refractivity contribution < 1.29 is 9.47 Å². The van der Waals surface area contributed by atoms with Crippen molar-refractivity contribution in [1.29, 1.82) is 0 Å². The van der Waals surface area contributed by atoms with Crippen molar-refractivity contribution in [3.8, 4) is 11.5 Å². The minimum Gasteiger partial charge on any atom is -0.497 e. The molecular formula is C26H36N4O2. The van der Waals surface area contributed by atoms with Crippen LogP contribution in [-0.4, -0.2) is 72.8 Å². The van der Waals surface area contributed by atoms with Gasteiger partial charge in [-0.2, -0.15) is 0 Å². The molecule has 0 unspecified atom stereocenters. The van der Waals surface area contributed by atoms with Crippen LogP contribution in [0.4, 0.5) is 0 Å². The Balaban J connectivity index is 1.29. The number of imidazole rings is 1. The number of likely N-dealkylation sites (N-methyl/N-ethyl adjacent to an activating group) is 1. The molecule has 0 atom stereocenters. The van der Waals surface area contributed by atoms with Crippen molar-refractivity contribution >= 4 is 11.0 Å². The summed E-state index contributed by atoms with van der Waals surface area (Å²) in [7, 11) is 3.89. The molecule has 2 aromatic carbocycles. The zero-order chi connectivity index (χ0) is 22.2. The van der Waals surface area contributed by atoms with Crippen LogP contribution in [0.2, 0.25) is 0 Å². The van der Waals surface area contributed by atoms with E-state index in [1.807, 2.05) is 24.3 Å². The van der Waals surface area contributed by atoms with E-state index in [9.17, 15) is 0 Å². The van der Waals surface area contributed by atoms with Gasteiger partial charge in [0.05, 0.1) is 24.8 Å². The Hall–Kier alpha value is -2.57. The topological polar surface area (TPSA) is 42.8 Å². The van der Waals surface area contributed by atoms with Gasteiger partial charge in [-0.15, -0.1) is 0 Å². The lowest BCUT2D eigenvalue weighted by Gasteiger charge is -2.32. The summed E-state index contributed by atoms with van der Waals surface area (Å²) >= 11 is 0. The fourth-order valence-electron chi connectivity index (χ4n) is 4.35. The van der Waals surface area contributed by atoms with Gasteiger partial charge in [0.2, 0.25) is 0 Å². The molecule has 0 spiro atoms. The van der Waals surface area contributed by atoms with Gasteiger partial charge in [0, 0.05) is 45.2 Å². The summed E-state index contributed by atoms with van der Waals surface area (Å²) in [6, 6.07) is 16.3. The molecular weight excluding hydrogens is 400 g/mol.